The van der Waals surface area contributed by atoms with E-state index >= 15 is 0 Å². The molecule has 0 amide bonds. The van der Waals surface area contributed by atoms with Gasteiger partial charge in [0.05, 0.1) is 12.1 Å². The third-order valence-corrected chi connectivity index (χ3v) is 6.42. The monoisotopic (exact) mass is 475 g/mol. The van der Waals surface area contributed by atoms with Gasteiger partial charge in [-0.3, -0.25) is 4.99 Å². The molecule has 1 aromatic carbocycles. The highest BCUT2D eigenvalue weighted by Crippen LogP contribution is 2.34. The van der Waals surface area contributed by atoms with Crippen LogP contribution < -0.4 is 5.32 Å². The molecule has 0 spiro atoms. The van der Waals surface area contributed by atoms with Crippen molar-refractivity contribution >= 4 is 41.7 Å². The zero-order chi connectivity index (χ0) is 17.0. The van der Waals surface area contributed by atoms with E-state index in [1.54, 1.807) is 0 Å². The molecule has 2 N–H and O–H groups in total. The zero-order valence-electron chi connectivity index (χ0n) is 15.2. The molecule has 2 fully saturated rings. The lowest BCUT2D eigenvalue weighted by atomic mass is 9.82. The summed E-state index contributed by atoms with van der Waals surface area (Å²) in [5, 5.41) is 14.0. The molecule has 2 aliphatic rings. The largest absolute Gasteiger partial charge is 0.387 e. The third kappa shape index (κ3) is 5.04. The number of aliphatic imine (C=N–C) groups is 1. The van der Waals surface area contributed by atoms with Crippen LogP contribution in [0.2, 0.25) is 0 Å². The second-order valence-electron chi connectivity index (χ2n) is 7.30. The van der Waals surface area contributed by atoms with Crippen molar-refractivity contribution in [2.24, 2.45) is 4.99 Å². The van der Waals surface area contributed by atoms with Crippen LogP contribution in [0.25, 0.3) is 0 Å². The molecule has 2 unspecified atom stereocenters. The molecule has 2 heterocycles. The zero-order valence-corrected chi connectivity index (χ0v) is 18.3. The Bertz CT molecular complexity index is 577. The Kier molecular flexibility index (Phi) is 7.46. The summed E-state index contributed by atoms with van der Waals surface area (Å²) >= 11 is 1.82. The number of guanidine groups is 1. The topological polar surface area (TPSA) is 47.9 Å². The Hall–Kier alpha value is -0.470. The van der Waals surface area contributed by atoms with Crippen LogP contribution in [-0.4, -0.2) is 59.3 Å². The number of aliphatic hydroxyl groups is 1. The average Bonchev–Trinajstić information content (AvgIpc) is 3.20. The Morgan fingerprint density at radius 2 is 2.08 bits per heavy atom. The van der Waals surface area contributed by atoms with Crippen LogP contribution in [0.5, 0.6) is 0 Å². The first-order chi connectivity index (χ1) is 11.5. The van der Waals surface area contributed by atoms with Crippen LogP contribution in [-0.2, 0) is 5.41 Å². The maximum Gasteiger partial charge on any atom is 0.194 e. The van der Waals surface area contributed by atoms with E-state index in [0.29, 0.717) is 6.54 Å². The van der Waals surface area contributed by atoms with Gasteiger partial charge in [0, 0.05) is 30.8 Å². The smallest absolute Gasteiger partial charge is 0.194 e. The number of hydrogen-bond donors (Lipinski definition) is 2. The standard InChI is InChI=1S/C19H29N3OS.HI/c1-3-20-17(21-13-19(23)10-12-24-15-19)22-11-9-18(2,14-22)16-7-5-4-6-8-16;/h4-8,23H,3,9-15H2,1-2H3,(H,20,21);1H. The van der Waals surface area contributed by atoms with Crippen molar-refractivity contribution in [3.8, 4) is 0 Å². The summed E-state index contributed by atoms with van der Waals surface area (Å²) in [5.41, 5.74) is 0.944. The Labute approximate surface area is 172 Å². The predicted octanol–water partition coefficient (Wildman–Crippen LogP) is 3.10. The van der Waals surface area contributed by atoms with Crippen molar-refractivity contribution in [3.05, 3.63) is 35.9 Å². The molecule has 4 nitrogen and oxygen atoms in total. The molecule has 2 saturated heterocycles. The fraction of sp³-hybridized carbons (Fsp3) is 0.632. The van der Waals surface area contributed by atoms with E-state index in [4.69, 9.17) is 4.99 Å². The normalized spacial score (nSPS) is 29.6. The summed E-state index contributed by atoms with van der Waals surface area (Å²) in [6.45, 7) is 7.76. The molecular weight excluding hydrogens is 445 g/mol. The second-order valence-corrected chi connectivity index (χ2v) is 8.40. The van der Waals surface area contributed by atoms with Crippen LogP contribution in [0.4, 0.5) is 0 Å². The van der Waals surface area contributed by atoms with E-state index < -0.39 is 5.60 Å². The quantitative estimate of drug-likeness (QED) is 0.399. The number of thioether (sulfide) groups is 1. The first-order valence-electron chi connectivity index (χ1n) is 8.94. The van der Waals surface area contributed by atoms with Crippen molar-refractivity contribution in [1.82, 2.24) is 10.2 Å². The lowest BCUT2D eigenvalue weighted by Gasteiger charge is -2.28. The fourth-order valence-electron chi connectivity index (χ4n) is 3.59. The maximum atomic E-state index is 10.6. The van der Waals surface area contributed by atoms with Gasteiger partial charge >= 0.3 is 0 Å². The maximum absolute atomic E-state index is 10.6. The molecule has 1 aromatic rings. The van der Waals surface area contributed by atoms with Crippen molar-refractivity contribution in [2.45, 2.75) is 37.7 Å². The number of likely N-dealkylation sites (tertiary alicyclic amines) is 1. The number of benzene rings is 1. The van der Waals surface area contributed by atoms with E-state index in [1.165, 1.54) is 5.56 Å². The Balaban J connectivity index is 0.00000225. The lowest BCUT2D eigenvalue weighted by Crippen LogP contribution is -2.43. The summed E-state index contributed by atoms with van der Waals surface area (Å²) in [5.74, 6) is 2.79. The molecule has 2 aliphatic heterocycles. The lowest BCUT2D eigenvalue weighted by molar-refractivity contribution is 0.0776. The van der Waals surface area contributed by atoms with Gasteiger partial charge in [0.1, 0.15) is 0 Å². The van der Waals surface area contributed by atoms with Crippen LogP contribution in [0.15, 0.2) is 35.3 Å². The van der Waals surface area contributed by atoms with Gasteiger partial charge in [-0.1, -0.05) is 37.3 Å². The second kappa shape index (κ2) is 8.95. The van der Waals surface area contributed by atoms with Crippen LogP contribution in [0.1, 0.15) is 32.3 Å². The van der Waals surface area contributed by atoms with Crippen LogP contribution in [0.3, 0.4) is 0 Å². The fourth-order valence-corrected chi connectivity index (χ4v) is 4.87. The van der Waals surface area contributed by atoms with Gasteiger partial charge in [-0.15, -0.1) is 24.0 Å². The molecule has 0 aliphatic carbocycles. The van der Waals surface area contributed by atoms with Gasteiger partial charge in [0.25, 0.3) is 0 Å². The first kappa shape index (κ1) is 20.8. The predicted molar refractivity (Wildman–Crippen MR) is 118 cm³/mol. The van der Waals surface area contributed by atoms with Gasteiger partial charge < -0.3 is 15.3 Å². The summed E-state index contributed by atoms with van der Waals surface area (Å²) in [7, 11) is 0. The molecule has 3 rings (SSSR count). The van der Waals surface area contributed by atoms with Gasteiger partial charge in [0.2, 0.25) is 0 Å². The van der Waals surface area contributed by atoms with E-state index in [1.807, 2.05) is 11.8 Å². The number of nitrogens with one attached hydrogen (secondary N) is 1. The molecule has 25 heavy (non-hydrogen) atoms. The summed E-state index contributed by atoms with van der Waals surface area (Å²) in [4.78, 5) is 7.13. The molecule has 0 radical (unpaired) electrons. The number of hydrogen-bond acceptors (Lipinski definition) is 3. The third-order valence-electron chi connectivity index (χ3n) is 5.18. The van der Waals surface area contributed by atoms with E-state index in [0.717, 1.165) is 49.9 Å². The molecule has 6 heteroatoms. The molecule has 0 aromatic heterocycles. The van der Waals surface area contributed by atoms with Crippen molar-refractivity contribution in [3.63, 3.8) is 0 Å². The van der Waals surface area contributed by atoms with Crippen molar-refractivity contribution in [1.29, 1.82) is 0 Å². The minimum absolute atomic E-state index is 0. The first-order valence-corrected chi connectivity index (χ1v) is 10.1. The highest BCUT2D eigenvalue weighted by Gasteiger charge is 2.37. The molecular formula is C19H30IN3OS. The molecule has 2 atom stereocenters. The number of nitrogens with zero attached hydrogens (tertiary/aromatic N) is 2. The summed E-state index contributed by atoms with van der Waals surface area (Å²) in [6, 6.07) is 10.8. The summed E-state index contributed by atoms with van der Waals surface area (Å²) < 4.78 is 0. The minimum Gasteiger partial charge on any atom is -0.387 e. The van der Waals surface area contributed by atoms with Crippen LogP contribution >= 0.6 is 35.7 Å². The highest BCUT2D eigenvalue weighted by molar-refractivity contribution is 14.0. The SMILES string of the molecule is CCNC(=NCC1(O)CCSC1)N1CCC(C)(c2ccccc2)C1.I. The van der Waals surface area contributed by atoms with Gasteiger partial charge in [-0.05, 0) is 31.1 Å². The van der Waals surface area contributed by atoms with Gasteiger partial charge in [-0.25, -0.2) is 0 Å². The number of rotatable bonds is 4. The highest BCUT2D eigenvalue weighted by atomic mass is 127. The van der Waals surface area contributed by atoms with Gasteiger partial charge in [0.15, 0.2) is 5.96 Å². The molecule has 0 saturated carbocycles. The molecule has 0 bridgehead atoms. The Morgan fingerprint density at radius 1 is 1.32 bits per heavy atom. The molecule has 140 valence electrons. The minimum atomic E-state index is -0.617. The van der Waals surface area contributed by atoms with E-state index in [2.05, 4.69) is 54.4 Å². The Morgan fingerprint density at radius 3 is 2.72 bits per heavy atom. The van der Waals surface area contributed by atoms with E-state index in [9.17, 15) is 5.11 Å². The van der Waals surface area contributed by atoms with E-state index in [-0.39, 0.29) is 29.4 Å². The van der Waals surface area contributed by atoms with Gasteiger partial charge in [-0.2, -0.15) is 11.8 Å². The van der Waals surface area contributed by atoms with Crippen LogP contribution in [0, 0.1) is 0 Å². The van der Waals surface area contributed by atoms with Crippen molar-refractivity contribution in [2.75, 3.05) is 37.7 Å². The average molecular weight is 475 g/mol. The number of halogens is 1. The summed E-state index contributed by atoms with van der Waals surface area (Å²) in [6.07, 6.45) is 1.98. The van der Waals surface area contributed by atoms with Crippen molar-refractivity contribution < 1.29 is 5.11 Å².